The molecule has 0 unspecified atom stereocenters. The summed E-state index contributed by atoms with van der Waals surface area (Å²) in [5.41, 5.74) is 0. The normalized spacial score (nSPS) is 12.3. The van der Waals surface area contributed by atoms with Crippen molar-refractivity contribution in [2.24, 2.45) is 0 Å². The van der Waals surface area contributed by atoms with Crippen LogP contribution in [0.1, 0.15) is 13.8 Å². The summed E-state index contributed by atoms with van der Waals surface area (Å²) in [5, 5.41) is 10.8. The Hall–Kier alpha value is -1.86. The van der Waals surface area contributed by atoms with Crippen molar-refractivity contribution in [3.05, 3.63) is 42.5 Å². The molecular weight excluding hydrogens is 246 g/mol. The average Bonchev–Trinajstić information content (AvgIpc) is 2.37. The first kappa shape index (κ1) is 12.6. The fraction of sp³-hybridized carbons (Fsp3) is 0.214. The van der Waals surface area contributed by atoms with Gasteiger partial charge in [-0.2, -0.15) is 5.26 Å². The summed E-state index contributed by atoms with van der Waals surface area (Å²) >= 11 is 0. The molecule has 2 rings (SSSR count). The van der Waals surface area contributed by atoms with E-state index < -0.39 is 14.6 Å². The molecule has 18 heavy (non-hydrogen) atoms. The van der Waals surface area contributed by atoms with Gasteiger partial charge in [-0.25, -0.2) is 8.42 Å². The minimum absolute atomic E-state index is 0.188. The van der Waals surface area contributed by atoms with Crippen LogP contribution < -0.4 is 0 Å². The standard InChI is InChI=1S/C14H13NO2S/c1-14(2,10-15)18(16,17)13-8-7-11-5-3-4-6-12(11)9-13/h3-9H,1-2H3. The molecule has 0 atom stereocenters. The van der Waals surface area contributed by atoms with Crippen LogP contribution in [0.15, 0.2) is 47.4 Å². The molecule has 0 aliphatic rings. The number of hydrogen-bond acceptors (Lipinski definition) is 3. The molecule has 0 radical (unpaired) electrons. The maximum atomic E-state index is 12.3. The first-order chi connectivity index (χ1) is 8.38. The molecule has 3 nitrogen and oxygen atoms in total. The largest absolute Gasteiger partial charge is 0.222 e. The molecule has 0 amide bonds. The van der Waals surface area contributed by atoms with Gasteiger partial charge in [0.05, 0.1) is 11.0 Å². The molecule has 0 spiro atoms. The molecule has 0 saturated carbocycles. The topological polar surface area (TPSA) is 57.9 Å². The Labute approximate surface area is 107 Å². The number of nitriles is 1. The number of hydrogen-bond donors (Lipinski definition) is 0. The maximum absolute atomic E-state index is 12.3. The van der Waals surface area contributed by atoms with Crippen LogP contribution in [0.4, 0.5) is 0 Å². The summed E-state index contributed by atoms with van der Waals surface area (Å²) in [5.74, 6) is 0. The Morgan fingerprint density at radius 2 is 1.67 bits per heavy atom. The van der Waals surface area contributed by atoms with Gasteiger partial charge in [0.15, 0.2) is 14.6 Å². The van der Waals surface area contributed by atoms with E-state index in [2.05, 4.69) is 0 Å². The zero-order chi connectivity index (χ0) is 13.4. The monoisotopic (exact) mass is 259 g/mol. The molecule has 4 heteroatoms. The highest BCUT2D eigenvalue weighted by atomic mass is 32.2. The van der Waals surface area contributed by atoms with Gasteiger partial charge in [-0.05, 0) is 36.8 Å². The fourth-order valence-electron chi connectivity index (χ4n) is 1.69. The summed E-state index contributed by atoms with van der Waals surface area (Å²) in [6, 6.07) is 14.3. The smallest absolute Gasteiger partial charge is 0.196 e. The van der Waals surface area contributed by atoms with Gasteiger partial charge >= 0.3 is 0 Å². The lowest BCUT2D eigenvalue weighted by Crippen LogP contribution is -2.29. The van der Waals surface area contributed by atoms with E-state index in [4.69, 9.17) is 5.26 Å². The molecule has 0 fully saturated rings. The first-order valence-electron chi connectivity index (χ1n) is 5.53. The summed E-state index contributed by atoms with van der Waals surface area (Å²) in [6.07, 6.45) is 0. The van der Waals surface area contributed by atoms with Crippen molar-refractivity contribution in [1.29, 1.82) is 5.26 Å². The van der Waals surface area contributed by atoms with Crippen LogP contribution in [0.5, 0.6) is 0 Å². The molecule has 0 N–H and O–H groups in total. The molecule has 2 aromatic carbocycles. The Balaban J connectivity index is 2.67. The molecule has 0 aromatic heterocycles. The highest BCUT2D eigenvalue weighted by Crippen LogP contribution is 2.27. The third kappa shape index (κ3) is 1.87. The molecule has 0 heterocycles. The number of rotatable bonds is 2. The van der Waals surface area contributed by atoms with E-state index in [0.29, 0.717) is 0 Å². The highest BCUT2D eigenvalue weighted by molar-refractivity contribution is 7.93. The molecule has 0 saturated heterocycles. The van der Waals surface area contributed by atoms with E-state index in [1.165, 1.54) is 13.8 Å². The predicted octanol–water partition coefficient (Wildman–Crippen LogP) is 2.92. The van der Waals surface area contributed by atoms with E-state index in [-0.39, 0.29) is 4.90 Å². The van der Waals surface area contributed by atoms with Gasteiger partial charge in [-0.1, -0.05) is 30.3 Å². The number of nitrogens with zero attached hydrogens (tertiary/aromatic N) is 1. The van der Waals surface area contributed by atoms with E-state index >= 15 is 0 Å². The fourth-order valence-corrected chi connectivity index (χ4v) is 2.93. The Morgan fingerprint density at radius 3 is 2.28 bits per heavy atom. The van der Waals surface area contributed by atoms with E-state index in [1.54, 1.807) is 18.2 Å². The van der Waals surface area contributed by atoms with Gasteiger partial charge in [0.25, 0.3) is 0 Å². The SMILES string of the molecule is CC(C)(C#N)S(=O)(=O)c1ccc2ccccc2c1. The third-order valence-corrected chi connectivity index (χ3v) is 5.28. The molecule has 92 valence electrons. The summed E-state index contributed by atoms with van der Waals surface area (Å²) < 4.78 is 23.2. The van der Waals surface area contributed by atoms with Gasteiger partial charge in [0.1, 0.15) is 0 Å². The molecule has 0 aliphatic carbocycles. The van der Waals surface area contributed by atoms with Gasteiger partial charge in [0, 0.05) is 0 Å². The van der Waals surface area contributed by atoms with E-state index in [1.807, 2.05) is 30.3 Å². The van der Waals surface area contributed by atoms with Crippen molar-refractivity contribution in [3.8, 4) is 6.07 Å². The molecular formula is C14H13NO2S. The van der Waals surface area contributed by atoms with Gasteiger partial charge in [-0.15, -0.1) is 0 Å². The number of benzene rings is 2. The van der Waals surface area contributed by atoms with E-state index in [9.17, 15) is 8.42 Å². The van der Waals surface area contributed by atoms with Gasteiger partial charge in [0.2, 0.25) is 0 Å². The number of sulfone groups is 1. The average molecular weight is 259 g/mol. The quantitative estimate of drug-likeness (QED) is 0.833. The lowest BCUT2D eigenvalue weighted by Gasteiger charge is -2.16. The summed E-state index contributed by atoms with van der Waals surface area (Å²) in [6.45, 7) is 2.83. The second-order valence-electron chi connectivity index (χ2n) is 4.63. The van der Waals surface area contributed by atoms with Crippen LogP contribution in [-0.4, -0.2) is 13.2 Å². The van der Waals surface area contributed by atoms with Crippen LogP contribution in [0.2, 0.25) is 0 Å². The second-order valence-corrected chi connectivity index (χ2v) is 7.13. The van der Waals surface area contributed by atoms with Crippen molar-refractivity contribution >= 4 is 20.6 Å². The number of fused-ring (bicyclic) bond motifs is 1. The van der Waals surface area contributed by atoms with Crippen LogP contribution >= 0.6 is 0 Å². The van der Waals surface area contributed by atoms with Crippen LogP contribution in [0.25, 0.3) is 10.8 Å². The summed E-state index contributed by atoms with van der Waals surface area (Å²) in [4.78, 5) is 0.188. The van der Waals surface area contributed by atoms with Gasteiger partial charge in [-0.3, -0.25) is 0 Å². The van der Waals surface area contributed by atoms with E-state index in [0.717, 1.165) is 10.8 Å². The van der Waals surface area contributed by atoms with Crippen LogP contribution in [0.3, 0.4) is 0 Å². The molecule has 0 bridgehead atoms. The van der Waals surface area contributed by atoms with Crippen molar-refractivity contribution in [2.45, 2.75) is 23.5 Å². The zero-order valence-corrected chi connectivity index (χ0v) is 11.0. The highest BCUT2D eigenvalue weighted by Gasteiger charge is 2.35. The lowest BCUT2D eigenvalue weighted by atomic mass is 10.1. The summed E-state index contributed by atoms with van der Waals surface area (Å²) in [7, 11) is -3.64. The van der Waals surface area contributed by atoms with Crippen LogP contribution in [0, 0.1) is 11.3 Å². The Bertz CT molecular complexity index is 740. The van der Waals surface area contributed by atoms with Gasteiger partial charge < -0.3 is 0 Å². The molecule has 0 aliphatic heterocycles. The zero-order valence-electron chi connectivity index (χ0n) is 10.2. The predicted molar refractivity (Wildman–Crippen MR) is 70.8 cm³/mol. The Morgan fingerprint density at radius 1 is 1.06 bits per heavy atom. The maximum Gasteiger partial charge on any atom is 0.196 e. The van der Waals surface area contributed by atoms with Crippen LogP contribution in [-0.2, 0) is 9.84 Å². The first-order valence-corrected chi connectivity index (χ1v) is 7.01. The third-order valence-electron chi connectivity index (χ3n) is 2.97. The van der Waals surface area contributed by atoms with Crippen molar-refractivity contribution in [2.75, 3.05) is 0 Å². The van der Waals surface area contributed by atoms with Crippen molar-refractivity contribution in [3.63, 3.8) is 0 Å². The minimum atomic E-state index is -3.64. The minimum Gasteiger partial charge on any atom is -0.222 e. The lowest BCUT2D eigenvalue weighted by molar-refractivity contribution is 0.574. The van der Waals surface area contributed by atoms with Crippen molar-refractivity contribution < 1.29 is 8.42 Å². The second kappa shape index (κ2) is 4.11. The Kier molecular flexibility index (Phi) is 2.88. The molecule has 2 aromatic rings. The van der Waals surface area contributed by atoms with Crippen molar-refractivity contribution in [1.82, 2.24) is 0 Å².